The lowest BCUT2D eigenvalue weighted by atomic mass is 9.99. The molecule has 0 aliphatic heterocycles. The standard InChI is InChI=1S/C11H15NO/c13-11-6-3-4-9(11)8-10-5-1-2-7-12-10/h1-2,5,7,9,11,13H,3-4,6,8H2. The number of aliphatic hydroxyl groups excluding tert-OH is 1. The van der Waals surface area contributed by atoms with Crippen LogP contribution in [0.2, 0.25) is 0 Å². The molecule has 0 spiro atoms. The molecule has 2 rings (SSSR count). The molecule has 2 atom stereocenters. The second-order valence-electron chi connectivity index (χ2n) is 3.78. The molecule has 1 N–H and O–H groups in total. The van der Waals surface area contributed by atoms with Gasteiger partial charge in [0.15, 0.2) is 0 Å². The summed E-state index contributed by atoms with van der Waals surface area (Å²) in [6.45, 7) is 0. The minimum atomic E-state index is -0.0954. The van der Waals surface area contributed by atoms with E-state index in [0.29, 0.717) is 5.92 Å². The molecule has 13 heavy (non-hydrogen) atoms. The van der Waals surface area contributed by atoms with Gasteiger partial charge in [0, 0.05) is 11.9 Å². The van der Waals surface area contributed by atoms with Crippen molar-refractivity contribution in [3.8, 4) is 0 Å². The lowest BCUT2D eigenvalue weighted by Gasteiger charge is -2.12. The van der Waals surface area contributed by atoms with Crippen LogP contribution in [0.25, 0.3) is 0 Å². The van der Waals surface area contributed by atoms with Crippen LogP contribution in [0.3, 0.4) is 0 Å². The fourth-order valence-electron chi connectivity index (χ4n) is 2.04. The molecule has 1 fully saturated rings. The van der Waals surface area contributed by atoms with Gasteiger partial charge in [-0.15, -0.1) is 0 Å². The second-order valence-corrected chi connectivity index (χ2v) is 3.78. The van der Waals surface area contributed by atoms with Gasteiger partial charge in [-0.25, -0.2) is 0 Å². The van der Waals surface area contributed by atoms with E-state index >= 15 is 0 Å². The molecule has 2 unspecified atom stereocenters. The van der Waals surface area contributed by atoms with Gasteiger partial charge in [0.05, 0.1) is 6.10 Å². The smallest absolute Gasteiger partial charge is 0.0572 e. The highest BCUT2D eigenvalue weighted by molar-refractivity contribution is 5.05. The molecule has 1 saturated carbocycles. The summed E-state index contributed by atoms with van der Waals surface area (Å²) >= 11 is 0. The lowest BCUT2D eigenvalue weighted by Crippen LogP contribution is -2.15. The van der Waals surface area contributed by atoms with Gasteiger partial charge < -0.3 is 5.11 Å². The zero-order valence-corrected chi connectivity index (χ0v) is 7.69. The number of hydrogen-bond donors (Lipinski definition) is 1. The molecular formula is C11H15NO. The van der Waals surface area contributed by atoms with Crippen LogP contribution in [0, 0.1) is 5.92 Å². The zero-order valence-electron chi connectivity index (χ0n) is 7.69. The predicted octanol–water partition coefficient (Wildman–Crippen LogP) is 1.79. The van der Waals surface area contributed by atoms with Gasteiger partial charge in [-0.05, 0) is 37.3 Å². The fraction of sp³-hybridized carbons (Fsp3) is 0.545. The van der Waals surface area contributed by atoms with Crippen LogP contribution >= 0.6 is 0 Å². The monoisotopic (exact) mass is 177 g/mol. The SMILES string of the molecule is OC1CCCC1Cc1ccccn1. The summed E-state index contributed by atoms with van der Waals surface area (Å²) in [5, 5.41) is 9.62. The fourth-order valence-corrected chi connectivity index (χ4v) is 2.04. The molecule has 2 heteroatoms. The summed E-state index contributed by atoms with van der Waals surface area (Å²) in [6, 6.07) is 5.96. The van der Waals surface area contributed by atoms with Gasteiger partial charge >= 0.3 is 0 Å². The molecule has 0 radical (unpaired) electrons. The first-order chi connectivity index (χ1) is 6.36. The lowest BCUT2D eigenvalue weighted by molar-refractivity contribution is 0.132. The van der Waals surface area contributed by atoms with Gasteiger partial charge in [0.25, 0.3) is 0 Å². The minimum absolute atomic E-state index is 0.0954. The molecule has 1 heterocycles. The van der Waals surface area contributed by atoms with Crippen molar-refractivity contribution in [1.29, 1.82) is 0 Å². The van der Waals surface area contributed by atoms with E-state index in [2.05, 4.69) is 4.98 Å². The highest BCUT2D eigenvalue weighted by Crippen LogP contribution is 2.27. The number of aliphatic hydroxyl groups is 1. The number of hydrogen-bond acceptors (Lipinski definition) is 2. The third-order valence-corrected chi connectivity index (χ3v) is 2.82. The summed E-state index contributed by atoms with van der Waals surface area (Å²) in [7, 11) is 0. The summed E-state index contributed by atoms with van der Waals surface area (Å²) in [5.41, 5.74) is 1.11. The molecule has 0 amide bonds. The molecular weight excluding hydrogens is 162 g/mol. The first-order valence-electron chi connectivity index (χ1n) is 4.94. The number of aromatic nitrogens is 1. The van der Waals surface area contributed by atoms with Crippen molar-refractivity contribution < 1.29 is 5.11 Å². The predicted molar refractivity (Wildman–Crippen MR) is 51.3 cm³/mol. The number of pyridine rings is 1. The Labute approximate surface area is 78.6 Å². The van der Waals surface area contributed by atoms with Crippen molar-refractivity contribution in [1.82, 2.24) is 4.98 Å². The van der Waals surface area contributed by atoms with Crippen LogP contribution in [-0.4, -0.2) is 16.2 Å². The minimum Gasteiger partial charge on any atom is -0.393 e. The molecule has 1 aliphatic rings. The van der Waals surface area contributed by atoms with Crippen molar-refractivity contribution in [2.45, 2.75) is 31.8 Å². The van der Waals surface area contributed by atoms with Crippen LogP contribution in [0.15, 0.2) is 24.4 Å². The largest absolute Gasteiger partial charge is 0.393 e. The topological polar surface area (TPSA) is 33.1 Å². The van der Waals surface area contributed by atoms with E-state index in [4.69, 9.17) is 0 Å². The maximum Gasteiger partial charge on any atom is 0.0572 e. The maximum absolute atomic E-state index is 9.62. The molecule has 0 aromatic carbocycles. The molecule has 0 bridgehead atoms. The maximum atomic E-state index is 9.62. The van der Waals surface area contributed by atoms with Crippen LogP contribution in [-0.2, 0) is 6.42 Å². The summed E-state index contributed by atoms with van der Waals surface area (Å²) < 4.78 is 0. The van der Waals surface area contributed by atoms with E-state index < -0.39 is 0 Å². The average molecular weight is 177 g/mol. The summed E-state index contributed by atoms with van der Waals surface area (Å²) in [6.07, 6.45) is 5.94. The second kappa shape index (κ2) is 3.88. The van der Waals surface area contributed by atoms with Gasteiger partial charge in [-0.2, -0.15) is 0 Å². The Morgan fingerprint density at radius 3 is 2.92 bits per heavy atom. The van der Waals surface area contributed by atoms with Crippen molar-refractivity contribution >= 4 is 0 Å². The molecule has 0 saturated heterocycles. The molecule has 70 valence electrons. The molecule has 1 aliphatic carbocycles. The van der Waals surface area contributed by atoms with Gasteiger partial charge in [-0.1, -0.05) is 12.5 Å². The highest BCUT2D eigenvalue weighted by atomic mass is 16.3. The zero-order chi connectivity index (χ0) is 9.10. The van der Waals surface area contributed by atoms with E-state index in [-0.39, 0.29) is 6.10 Å². The van der Waals surface area contributed by atoms with Crippen LogP contribution in [0.1, 0.15) is 25.0 Å². The van der Waals surface area contributed by atoms with Gasteiger partial charge in [0.2, 0.25) is 0 Å². The van der Waals surface area contributed by atoms with Crippen LogP contribution < -0.4 is 0 Å². The highest BCUT2D eigenvalue weighted by Gasteiger charge is 2.25. The van der Waals surface area contributed by atoms with Crippen molar-refractivity contribution in [3.63, 3.8) is 0 Å². The van der Waals surface area contributed by atoms with Crippen LogP contribution in [0.4, 0.5) is 0 Å². The Kier molecular flexibility index (Phi) is 2.60. The number of rotatable bonds is 2. The Morgan fingerprint density at radius 2 is 2.31 bits per heavy atom. The number of nitrogens with zero attached hydrogens (tertiary/aromatic N) is 1. The average Bonchev–Trinajstić information content (AvgIpc) is 2.54. The van der Waals surface area contributed by atoms with Crippen LogP contribution in [0.5, 0.6) is 0 Å². The normalized spacial score (nSPS) is 27.8. The Morgan fingerprint density at radius 1 is 1.38 bits per heavy atom. The quantitative estimate of drug-likeness (QED) is 0.747. The van der Waals surface area contributed by atoms with Crippen molar-refractivity contribution in [3.05, 3.63) is 30.1 Å². The molecule has 1 aromatic heterocycles. The van der Waals surface area contributed by atoms with E-state index in [1.807, 2.05) is 24.4 Å². The molecule has 1 aromatic rings. The Bertz CT molecular complexity index is 260. The van der Waals surface area contributed by atoms with Gasteiger partial charge in [-0.3, -0.25) is 4.98 Å². The molecule has 2 nitrogen and oxygen atoms in total. The first kappa shape index (κ1) is 8.70. The van der Waals surface area contributed by atoms with E-state index in [9.17, 15) is 5.11 Å². The Balaban J connectivity index is 1.98. The first-order valence-corrected chi connectivity index (χ1v) is 4.94. The Hall–Kier alpha value is -0.890. The van der Waals surface area contributed by atoms with E-state index in [1.54, 1.807) is 0 Å². The van der Waals surface area contributed by atoms with Crippen molar-refractivity contribution in [2.24, 2.45) is 5.92 Å². The van der Waals surface area contributed by atoms with E-state index in [1.165, 1.54) is 6.42 Å². The third-order valence-electron chi connectivity index (χ3n) is 2.82. The van der Waals surface area contributed by atoms with Gasteiger partial charge in [0.1, 0.15) is 0 Å². The third kappa shape index (κ3) is 2.07. The van der Waals surface area contributed by atoms with Crippen molar-refractivity contribution in [2.75, 3.05) is 0 Å². The summed E-state index contributed by atoms with van der Waals surface area (Å²) in [4.78, 5) is 4.27. The summed E-state index contributed by atoms with van der Waals surface area (Å²) in [5.74, 6) is 0.440. The van der Waals surface area contributed by atoms with E-state index in [0.717, 1.165) is 25.0 Å².